The second kappa shape index (κ2) is 9.57. The van der Waals surface area contributed by atoms with Crippen molar-refractivity contribution in [3.05, 3.63) is 94.1 Å². The molecule has 9 nitrogen and oxygen atoms in total. The third-order valence-electron chi connectivity index (χ3n) is 5.49. The number of amides is 3. The molecule has 36 heavy (non-hydrogen) atoms. The quantitative estimate of drug-likeness (QED) is 0.421. The first kappa shape index (κ1) is 25.1. The van der Waals surface area contributed by atoms with Gasteiger partial charge in [-0.2, -0.15) is 0 Å². The van der Waals surface area contributed by atoms with Gasteiger partial charge in [-0.05, 0) is 79.6 Å². The van der Waals surface area contributed by atoms with E-state index in [-0.39, 0.29) is 15.6 Å². The van der Waals surface area contributed by atoms with Crippen molar-refractivity contribution in [3.8, 4) is 0 Å². The van der Waals surface area contributed by atoms with E-state index in [2.05, 4.69) is 10.6 Å². The first-order chi connectivity index (χ1) is 17.0. The molecule has 0 aromatic heterocycles. The zero-order chi connectivity index (χ0) is 26.2. The number of anilines is 3. The van der Waals surface area contributed by atoms with Gasteiger partial charge < -0.3 is 10.6 Å². The van der Waals surface area contributed by atoms with E-state index in [4.69, 9.17) is 16.7 Å². The van der Waals surface area contributed by atoms with Crippen LogP contribution in [0.25, 0.3) is 0 Å². The number of nitrogens with zero attached hydrogens (tertiary/aromatic N) is 1. The summed E-state index contributed by atoms with van der Waals surface area (Å²) >= 11 is 6.22. The number of hydrogen-bond donors (Lipinski definition) is 3. The molecule has 1 aliphatic heterocycles. The third-order valence-corrected chi connectivity index (χ3v) is 6.77. The lowest BCUT2D eigenvalue weighted by Gasteiger charge is -2.18. The molecule has 4 N–H and O–H groups in total. The van der Waals surface area contributed by atoms with Crippen molar-refractivity contribution in [1.29, 1.82) is 0 Å². The highest BCUT2D eigenvalue weighted by molar-refractivity contribution is 7.89. The van der Waals surface area contributed by atoms with E-state index in [1.54, 1.807) is 25.1 Å². The molecule has 0 spiro atoms. The molecule has 0 bridgehead atoms. The number of nitrogens with one attached hydrogen (secondary N) is 2. The maximum Gasteiger partial charge on any atom is 0.283 e. The van der Waals surface area contributed by atoms with Crippen LogP contribution in [0.4, 0.5) is 17.1 Å². The minimum atomic E-state index is -3.83. The maximum atomic E-state index is 13.0. The molecule has 11 heteroatoms. The van der Waals surface area contributed by atoms with Crippen LogP contribution in [0, 0.1) is 13.8 Å². The van der Waals surface area contributed by atoms with Crippen molar-refractivity contribution in [2.45, 2.75) is 18.7 Å². The van der Waals surface area contributed by atoms with Gasteiger partial charge in [0.15, 0.2) is 0 Å². The van der Waals surface area contributed by atoms with E-state index in [9.17, 15) is 22.8 Å². The monoisotopic (exact) mass is 524 g/mol. The number of hydrogen-bond acceptors (Lipinski definition) is 6. The molecule has 0 atom stereocenters. The fraction of sp³-hybridized carbons (Fsp3) is 0.0800. The Hall–Kier alpha value is -3.99. The Morgan fingerprint density at radius 3 is 2.11 bits per heavy atom. The molecular weight excluding hydrogens is 504 g/mol. The molecular formula is C25H21ClN4O5S. The molecule has 0 saturated carbocycles. The van der Waals surface area contributed by atoms with Crippen LogP contribution in [0.1, 0.15) is 21.5 Å². The lowest BCUT2D eigenvalue weighted by molar-refractivity contribution is -0.120. The summed E-state index contributed by atoms with van der Waals surface area (Å²) < 4.78 is 22.7. The van der Waals surface area contributed by atoms with Crippen molar-refractivity contribution in [2.75, 3.05) is 15.5 Å². The Kier molecular flexibility index (Phi) is 6.68. The van der Waals surface area contributed by atoms with Crippen LogP contribution in [-0.4, -0.2) is 26.1 Å². The van der Waals surface area contributed by atoms with Crippen LogP contribution < -0.4 is 20.7 Å². The summed E-state index contributed by atoms with van der Waals surface area (Å²) in [5.41, 5.74) is 3.18. The van der Waals surface area contributed by atoms with Gasteiger partial charge >= 0.3 is 0 Å². The van der Waals surface area contributed by atoms with Crippen molar-refractivity contribution in [2.24, 2.45) is 5.14 Å². The zero-order valence-electron chi connectivity index (χ0n) is 19.2. The van der Waals surface area contributed by atoms with Crippen LogP contribution in [0.15, 0.2) is 82.4 Å². The average Bonchev–Trinajstić information content (AvgIpc) is 3.04. The highest BCUT2D eigenvalue weighted by Crippen LogP contribution is 2.32. The number of sulfonamides is 1. The van der Waals surface area contributed by atoms with Gasteiger partial charge in [-0.3, -0.25) is 14.4 Å². The van der Waals surface area contributed by atoms with Gasteiger partial charge in [0.1, 0.15) is 10.7 Å². The number of benzene rings is 3. The van der Waals surface area contributed by atoms with Gasteiger partial charge in [0.25, 0.3) is 17.7 Å². The predicted octanol–water partition coefficient (Wildman–Crippen LogP) is 3.64. The topological polar surface area (TPSA) is 139 Å². The number of aryl methyl sites for hydroxylation is 2. The van der Waals surface area contributed by atoms with Crippen molar-refractivity contribution in [1.82, 2.24) is 0 Å². The second-order valence-corrected chi connectivity index (χ2v) is 10.1. The largest absolute Gasteiger partial charge is 0.350 e. The molecule has 0 aliphatic carbocycles. The van der Waals surface area contributed by atoms with Crippen LogP contribution >= 0.6 is 11.6 Å². The van der Waals surface area contributed by atoms with Crippen LogP contribution in [-0.2, 0) is 19.6 Å². The Labute approximate surface area is 212 Å². The van der Waals surface area contributed by atoms with Gasteiger partial charge in [0.05, 0.1) is 10.6 Å². The SMILES string of the molecule is Cc1ccc(C)c(N2C(=O)C(Cl)=C(Nc3ccc(C(=O)Nc4ccc(S(N)(=O)=O)cc4)cc3)C2=O)c1. The van der Waals surface area contributed by atoms with Crippen molar-refractivity contribution >= 4 is 56.4 Å². The number of imide groups is 1. The van der Waals surface area contributed by atoms with Crippen LogP contribution in [0.5, 0.6) is 0 Å². The minimum Gasteiger partial charge on any atom is -0.350 e. The summed E-state index contributed by atoms with van der Waals surface area (Å²) in [5.74, 6) is -1.64. The van der Waals surface area contributed by atoms with E-state index < -0.39 is 27.7 Å². The first-order valence-corrected chi connectivity index (χ1v) is 12.6. The summed E-state index contributed by atoms with van der Waals surface area (Å²) in [6.07, 6.45) is 0. The van der Waals surface area contributed by atoms with Gasteiger partial charge in [0, 0.05) is 16.9 Å². The molecule has 3 amide bonds. The molecule has 184 valence electrons. The molecule has 4 rings (SSSR count). The van der Waals surface area contributed by atoms with Crippen LogP contribution in [0.3, 0.4) is 0 Å². The molecule has 3 aromatic rings. The lowest BCUT2D eigenvalue weighted by Crippen LogP contribution is -2.32. The third kappa shape index (κ3) is 5.01. The van der Waals surface area contributed by atoms with E-state index in [1.165, 1.54) is 36.4 Å². The summed E-state index contributed by atoms with van der Waals surface area (Å²) in [5, 5.41) is 10.4. The summed E-state index contributed by atoms with van der Waals surface area (Å²) in [4.78, 5) is 39.3. The number of carbonyl (C=O) groups is 3. The summed E-state index contributed by atoms with van der Waals surface area (Å²) in [6.45, 7) is 3.66. The normalized spacial score (nSPS) is 13.8. The highest BCUT2D eigenvalue weighted by atomic mass is 35.5. The summed E-state index contributed by atoms with van der Waals surface area (Å²) in [6, 6.07) is 17.0. The Morgan fingerprint density at radius 1 is 0.889 bits per heavy atom. The predicted molar refractivity (Wildman–Crippen MR) is 137 cm³/mol. The number of rotatable bonds is 6. The molecule has 1 aliphatic rings. The van der Waals surface area contributed by atoms with Crippen molar-refractivity contribution in [3.63, 3.8) is 0 Å². The molecule has 0 unspecified atom stereocenters. The molecule has 0 radical (unpaired) electrons. The van der Waals surface area contributed by atoms with E-state index in [1.807, 2.05) is 19.1 Å². The molecule has 0 fully saturated rings. The Bertz CT molecular complexity index is 1530. The number of halogens is 1. The summed E-state index contributed by atoms with van der Waals surface area (Å²) in [7, 11) is -3.83. The lowest BCUT2D eigenvalue weighted by atomic mass is 10.1. The van der Waals surface area contributed by atoms with Crippen LogP contribution in [0.2, 0.25) is 0 Å². The number of nitrogens with two attached hydrogens (primary N) is 1. The van der Waals surface area contributed by atoms with E-state index >= 15 is 0 Å². The van der Waals surface area contributed by atoms with Gasteiger partial charge in [0.2, 0.25) is 10.0 Å². The Morgan fingerprint density at radius 2 is 1.50 bits per heavy atom. The highest BCUT2D eigenvalue weighted by Gasteiger charge is 2.39. The molecule has 3 aromatic carbocycles. The van der Waals surface area contributed by atoms with E-state index in [0.717, 1.165) is 16.0 Å². The fourth-order valence-corrected chi connectivity index (χ4v) is 4.30. The van der Waals surface area contributed by atoms with E-state index in [0.29, 0.717) is 22.6 Å². The van der Waals surface area contributed by atoms with Gasteiger partial charge in [-0.25, -0.2) is 18.5 Å². The van der Waals surface area contributed by atoms with Gasteiger partial charge in [-0.15, -0.1) is 0 Å². The second-order valence-electron chi connectivity index (χ2n) is 8.15. The van der Waals surface area contributed by atoms with Crippen molar-refractivity contribution < 1.29 is 22.8 Å². The Balaban J connectivity index is 1.47. The zero-order valence-corrected chi connectivity index (χ0v) is 20.8. The standard InChI is InChI=1S/C25H21ClN4O5S/c1-14-3-4-15(2)20(13-14)30-24(32)21(26)22(25(30)33)28-17-7-5-16(6-8-17)23(31)29-18-9-11-19(12-10-18)36(27,34)35/h3-13,28H,1-2H3,(H,29,31)(H2,27,34,35). The maximum absolute atomic E-state index is 13.0. The first-order valence-electron chi connectivity index (χ1n) is 10.6. The number of carbonyl (C=O) groups excluding carboxylic acids is 3. The fourth-order valence-electron chi connectivity index (χ4n) is 3.57. The minimum absolute atomic E-state index is 0.0604. The molecule has 1 heterocycles. The molecule has 0 saturated heterocycles. The smallest absolute Gasteiger partial charge is 0.283 e. The average molecular weight is 525 g/mol. The number of primary sulfonamides is 1. The van der Waals surface area contributed by atoms with Gasteiger partial charge in [-0.1, -0.05) is 23.7 Å².